The summed E-state index contributed by atoms with van der Waals surface area (Å²) in [7, 11) is 0. The summed E-state index contributed by atoms with van der Waals surface area (Å²) in [5.74, 6) is -1.62. The van der Waals surface area contributed by atoms with Gasteiger partial charge in [-0.25, -0.2) is 9.59 Å². The predicted molar refractivity (Wildman–Crippen MR) is 112 cm³/mol. The Balaban J connectivity index is 1.33. The van der Waals surface area contributed by atoms with Crippen LogP contribution in [0.5, 0.6) is 0 Å². The van der Waals surface area contributed by atoms with Gasteiger partial charge in [-0.15, -0.1) is 0 Å². The second-order valence-corrected chi connectivity index (χ2v) is 7.77. The van der Waals surface area contributed by atoms with Gasteiger partial charge in [-0.1, -0.05) is 48.5 Å². The van der Waals surface area contributed by atoms with Gasteiger partial charge in [0.2, 0.25) is 5.91 Å². The van der Waals surface area contributed by atoms with Gasteiger partial charge >= 0.3 is 12.1 Å². The van der Waals surface area contributed by atoms with E-state index in [9.17, 15) is 19.5 Å². The second-order valence-electron chi connectivity index (χ2n) is 7.77. The number of carboxylic acid groups (broad SMARTS) is 1. The molecule has 0 unspecified atom stereocenters. The number of nitrogens with one attached hydrogen (secondary N) is 2. The Hall–Kier alpha value is -3.39. The fourth-order valence-electron chi connectivity index (χ4n) is 3.90. The van der Waals surface area contributed by atoms with Gasteiger partial charge in [0.1, 0.15) is 12.6 Å². The Morgan fingerprint density at radius 3 is 2.19 bits per heavy atom. The van der Waals surface area contributed by atoms with E-state index in [1.165, 1.54) is 0 Å². The normalized spacial score (nSPS) is 15.9. The minimum Gasteiger partial charge on any atom is -0.480 e. The lowest BCUT2D eigenvalue weighted by molar-refractivity contribution is -0.141. The smallest absolute Gasteiger partial charge is 0.407 e. The summed E-state index contributed by atoms with van der Waals surface area (Å²) in [5.41, 5.74) is 4.32. The van der Waals surface area contributed by atoms with Crippen LogP contribution in [0.25, 0.3) is 11.1 Å². The molecule has 1 heterocycles. The number of carbonyl (C=O) groups excluding carboxylic acids is 2. The molecule has 0 spiro atoms. The molecule has 0 aromatic heterocycles. The van der Waals surface area contributed by atoms with Crippen LogP contribution in [0, 0.1) is 5.92 Å². The molecule has 2 aromatic carbocycles. The second kappa shape index (κ2) is 9.18. The highest BCUT2D eigenvalue weighted by Crippen LogP contribution is 2.44. The predicted octanol–water partition coefficient (Wildman–Crippen LogP) is 2.13. The number of ether oxygens (including phenoxy) is 2. The number of benzene rings is 2. The number of alkyl carbamates (subject to hydrolysis) is 1. The topological polar surface area (TPSA) is 114 Å². The number of aliphatic carboxylic acids is 1. The summed E-state index contributed by atoms with van der Waals surface area (Å²) in [6, 6.07) is 14.5. The van der Waals surface area contributed by atoms with Crippen molar-refractivity contribution in [3.05, 3.63) is 59.7 Å². The molecule has 4 rings (SSSR count). The summed E-state index contributed by atoms with van der Waals surface area (Å²) < 4.78 is 10.4. The molecule has 2 amide bonds. The summed E-state index contributed by atoms with van der Waals surface area (Å²) in [5, 5.41) is 14.3. The van der Waals surface area contributed by atoms with E-state index in [1.54, 1.807) is 0 Å². The number of hydrogen-bond acceptors (Lipinski definition) is 5. The van der Waals surface area contributed by atoms with Crippen molar-refractivity contribution in [1.82, 2.24) is 10.6 Å². The molecule has 0 saturated carbocycles. The number of carbonyl (C=O) groups is 3. The monoisotopic (exact) mass is 424 g/mol. The first-order chi connectivity index (χ1) is 15.0. The van der Waals surface area contributed by atoms with Gasteiger partial charge in [0.15, 0.2) is 0 Å². The van der Waals surface area contributed by atoms with Crippen LogP contribution in [0.4, 0.5) is 4.79 Å². The lowest BCUT2D eigenvalue weighted by Crippen LogP contribution is -2.46. The molecule has 2 aromatic rings. The third-order valence-corrected chi connectivity index (χ3v) is 5.62. The van der Waals surface area contributed by atoms with E-state index in [-0.39, 0.29) is 24.9 Å². The number of fused-ring (bicyclic) bond motifs is 3. The largest absolute Gasteiger partial charge is 0.480 e. The molecule has 162 valence electrons. The molecule has 8 heteroatoms. The third kappa shape index (κ3) is 4.69. The zero-order valence-corrected chi connectivity index (χ0v) is 16.9. The molecule has 1 saturated heterocycles. The van der Waals surface area contributed by atoms with E-state index in [0.29, 0.717) is 19.8 Å². The van der Waals surface area contributed by atoms with Crippen LogP contribution in [0.2, 0.25) is 0 Å². The quantitative estimate of drug-likeness (QED) is 0.598. The zero-order valence-electron chi connectivity index (χ0n) is 16.9. The molecule has 1 fully saturated rings. The number of hydrogen-bond donors (Lipinski definition) is 3. The van der Waals surface area contributed by atoms with Gasteiger partial charge in [0.25, 0.3) is 0 Å². The van der Waals surface area contributed by atoms with Crippen molar-refractivity contribution in [2.75, 3.05) is 26.4 Å². The fourth-order valence-corrected chi connectivity index (χ4v) is 3.90. The summed E-state index contributed by atoms with van der Waals surface area (Å²) in [6.07, 6.45) is -1.23. The standard InChI is InChI=1S/C23H24N2O6/c26-21(24-10-14-11-30-12-14)9-20(22(27)28)25-23(29)31-13-19-17-7-3-1-5-15(17)16-6-2-4-8-18(16)19/h1-8,14,19-20H,9-13H2,(H,24,26)(H,25,29)(H,27,28)/t20-/m0/s1. The summed E-state index contributed by atoms with van der Waals surface area (Å²) in [4.78, 5) is 35.8. The van der Waals surface area contributed by atoms with Crippen molar-refractivity contribution >= 4 is 18.0 Å². The van der Waals surface area contributed by atoms with Crippen molar-refractivity contribution in [3.63, 3.8) is 0 Å². The van der Waals surface area contributed by atoms with Crippen molar-refractivity contribution in [2.45, 2.75) is 18.4 Å². The van der Waals surface area contributed by atoms with Gasteiger partial charge in [-0.3, -0.25) is 4.79 Å². The minimum absolute atomic E-state index is 0.0695. The summed E-state index contributed by atoms with van der Waals surface area (Å²) >= 11 is 0. The van der Waals surface area contributed by atoms with Gasteiger partial charge in [-0.05, 0) is 22.3 Å². The van der Waals surface area contributed by atoms with Crippen LogP contribution in [0.3, 0.4) is 0 Å². The maximum Gasteiger partial charge on any atom is 0.407 e. The van der Waals surface area contributed by atoms with E-state index in [4.69, 9.17) is 9.47 Å². The van der Waals surface area contributed by atoms with Crippen molar-refractivity contribution in [2.24, 2.45) is 5.92 Å². The Kier molecular flexibility index (Phi) is 6.18. The van der Waals surface area contributed by atoms with Gasteiger partial charge in [0.05, 0.1) is 19.6 Å². The van der Waals surface area contributed by atoms with Crippen LogP contribution in [0.15, 0.2) is 48.5 Å². The Bertz CT molecular complexity index is 942. The molecule has 31 heavy (non-hydrogen) atoms. The van der Waals surface area contributed by atoms with E-state index in [2.05, 4.69) is 10.6 Å². The molecular weight excluding hydrogens is 400 g/mol. The van der Waals surface area contributed by atoms with Gasteiger partial charge in [-0.2, -0.15) is 0 Å². The maximum absolute atomic E-state index is 12.3. The SMILES string of the molecule is O=C(C[C@H](NC(=O)OCC1c2ccccc2-c2ccccc21)C(=O)O)NCC1COC1. The molecule has 3 N–H and O–H groups in total. The lowest BCUT2D eigenvalue weighted by atomic mass is 9.98. The maximum atomic E-state index is 12.3. The first kappa shape index (κ1) is 20.9. The van der Waals surface area contributed by atoms with E-state index < -0.39 is 24.0 Å². The molecule has 1 aliphatic carbocycles. The molecule has 0 bridgehead atoms. The number of amides is 2. The summed E-state index contributed by atoms with van der Waals surface area (Å²) in [6.45, 7) is 1.66. The highest BCUT2D eigenvalue weighted by Gasteiger charge is 2.30. The number of carboxylic acids is 1. The van der Waals surface area contributed by atoms with Crippen LogP contribution >= 0.6 is 0 Å². The first-order valence-electron chi connectivity index (χ1n) is 10.2. The fraction of sp³-hybridized carbons (Fsp3) is 0.348. The van der Waals surface area contributed by atoms with Crippen molar-refractivity contribution in [3.8, 4) is 11.1 Å². The Morgan fingerprint density at radius 1 is 1.03 bits per heavy atom. The van der Waals surface area contributed by atoms with Crippen LogP contribution < -0.4 is 10.6 Å². The minimum atomic E-state index is -1.37. The Labute approximate surface area is 179 Å². The average Bonchev–Trinajstić information content (AvgIpc) is 3.04. The molecule has 2 aliphatic rings. The van der Waals surface area contributed by atoms with E-state index in [1.807, 2.05) is 48.5 Å². The first-order valence-corrected chi connectivity index (χ1v) is 10.2. The molecule has 1 aliphatic heterocycles. The molecule has 1 atom stereocenters. The highest BCUT2D eigenvalue weighted by atomic mass is 16.5. The highest BCUT2D eigenvalue weighted by molar-refractivity contribution is 5.87. The van der Waals surface area contributed by atoms with Crippen molar-refractivity contribution < 1.29 is 29.0 Å². The van der Waals surface area contributed by atoms with Crippen LogP contribution in [-0.4, -0.2) is 55.5 Å². The van der Waals surface area contributed by atoms with Crippen molar-refractivity contribution in [1.29, 1.82) is 0 Å². The zero-order chi connectivity index (χ0) is 21.8. The third-order valence-electron chi connectivity index (χ3n) is 5.62. The average molecular weight is 424 g/mol. The van der Waals surface area contributed by atoms with Gasteiger partial charge in [0, 0.05) is 18.4 Å². The van der Waals surface area contributed by atoms with E-state index in [0.717, 1.165) is 22.3 Å². The van der Waals surface area contributed by atoms with E-state index >= 15 is 0 Å². The van der Waals surface area contributed by atoms with Gasteiger partial charge < -0.3 is 25.2 Å². The number of rotatable bonds is 8. The molecule has 0 radical (unpaired) electrons. The lowest BCUT2D eigenvalue weighted by Gasteiger charge is -2.26. The molecule has 8 nitrogen and oxygen atoms in total. The van der Waals surface area contributed by atoms with Crippen LogP contribution in [0.1, 0.15) is 23.5 Å². The Morgan fingerprint density at radius 2 is 1.65 bits per heavy atom. The van der Waals surface area contributed by atoms with Crippen LogP contribution in [-0.2, 0) is 19.1 Å². The molecular formula is C23H24N2O6.